The van der Waals surface area contributed by atoms with Crippen LogP contribution in [0.15, 0.2) is 36.5 Å². The lowest BCUT2D eigenvalue weighted by Crippen LogP contribution is -2.30. The second-order valence-corrected chi connectivity index (χ2v) is 7.68. The monoisotopic (exact) mass is 367 g/mol. The summed E-state index contributed by atoms with van der Waals surface area (Å²) in [5, 5.41) is 0. The minimum absolute atomic E-state index is 0.153. The van der Waals surface area contributed by atoms with Gasteiger partial charge in [0.2, 0.25) is 5.91 Å². The van der Waals surface area contributed by atoms with Crippen molar-refractivity contribution in [2.45, 2.75) is 64.2 Å². The van der Waals surface area contributed by atoms with E-state index in [-0.39, 0.29) is 12.0 Å². The van der Waals surface area contributed by atoms with Gasteiger partial charge in [0.1, 0.15) is 5.82 Å². The Balaban J connectivity index is 1.24. The second-order valence-electron chi connectivity index (χ2n) is 7.68. The lowest BCUT2D eigenvalue weighted by Gasteiger charge is -2.17. The minimum atomic E-state index is 0.153. The Bertz CT molecular complexity index is 756. The van der Waals surface area contributed by atoms with Crippen LogP contribution in [0.1, 0.15) is 49.2 Å². The highest BCUT2D eigenvalue weighted by atomic mass is 16.5. The summed E-state index contributed by atoms with van der Waals surface area (Å²) in [5.74, 6) is 1.44. The predicted molar refractivity (Wildman–Crippen MR) is 104 cm³/mol. The van der Waals surface area contributed by atoms with Gasteiger partial charge < -0.3 is 14.2 Å². The van der Waals surface area contributed by atoms with Gasteiger partial charge >= 0.3 is 0 Å². The van der Waals surface area contributed by atoms with Gasteiger partial charge in [0, 0.05) is 44.4 Å². The summed E-state index contributed by atoms with van der Waals surface area (Å²) in [6.45, 7) is 3.20. The highest BCUT2D eigenvalue weighted by Gasteiger charge is 2.26. The van der Waals surface area contributed by atoms with Crippen LogP contribution in [0.2, 0.25) is 0 Å². The van der Waals surface area contributed by atoms with E-state index in [4.69, 9.17) is 4.74 Å². The second kappa shape index (κ2) is 8.70. The van der Waals surface area contributed by atoms with E-state index in [0.717, 1.165) is 38.9 Å². The van der Waals surface area contributed by atoms with Crippen molar-refractivity contribution >= 4 is 5.91 Å². The zero-order valence-corrected chi connectivity index (χ0v) is 16.0. The van der Waals surface area contributed by atoms with E-state index >= 15 is 0 Å². The normalized spacial score (nSPS) is 19.7. The van der Waals surface area contributed by atoms with Crippen LogP contribution < -0.4 is 0 Å². The number of amides is 1. The summed E-state index contributed by atoms with van der Waals surface area (Å²) < 4.78 is 8.34. The summed E-state index contributed by atoms with van der Waals surface area (Å²) in [6, 6.07) is 10.2. The van der Waals surface area contributed by atoms with Crippen molar-refractivity contribution in [2.75, 3.05) is 13.1 Å². The number of carbonyl (C=O) groups excluding carboxylic acids is 1. The summed E-state index contributed by atoms with van der Waals surface area (Å²) in [5.41, 5.74) is 2.40. The molecular formula is C22H29N3O2. The molecule has 2 aliphatic heterocycles. The molecule has 0 bridgehead atoms. The van der Waals surface area contributed by atoms with Gasteiger partial charge in [0.05, 0.1) is 12.7 Å². The molecule has 1 amide bonds. The summed E-state index contributed by atoms with van der Waals surface area (Å²) >= 11 is 0. The number of benzene rings is 1. The molecule has 1 atom stereocenters. The van der Waals surface area contributed by atoms with E-state index in [1.807, 2.05) is 29.3 Å². The van der Waals surface area contributed by atoms with Crippen LogP contribution in [0.5, 0.6) is 0 Å². The van der Waals surface area contributed by atoms with Crippen molar-refractivity contribution < 1.29 is 9.53 Å². The highest BCUT2D eigenvalue weighted by Crippen LogP contribution is 2.19. The molecule has 1 aromatic heterocycles. The molecule has 0 saturated carbocycles. The summed E-state index contributed by atoms with van der Waals surface area (Å²) in [6.07, 6.45) is 9.21. The minimum Gasteiger partial charge on any atom is -0.372 e. The van der Waals surface area contributed by atoms with Crippen LogP contribution >= 0.6 is 0 Å². The van der Waals surface area contributed by atoms with Gasteiger partial charge in [0.25, 0.3) is 0 Å². The lowest BCUT2D eigenvalue weighted by molar-refractivity contribution is -0.130. The Morgan fingerprint density at radius 2 is 2.04 bits per heavy atom. The summed E-state index contributed by atoms with van der Waals surface area (Å²) in [4.78, 5) is 19.2. The van der Waals surface area contributed by atoms with Crippen LogP contribution in [-0.4, -0.2) is 39.6 Å². The molecule has 0 spiro atoms. The predicted octanol–water partition coefficient (Wildman–Crippen LogP) is 3.36. The van der Waals surface area contributed by atoms with Gasteiger partial charge in [-0.15, -0.1) is 0 Å². The van der Waals surface area contributed by atoms with Gasteiger partial charge in [-0.2, -0.15) is 0 Å². The first-order valence-corrected chi connectivity index (χ1v) is 10.3. The van der Waals surface area contributed by atoms with Gasteiger partial charge in [0.15, 0.2) is 0 Å². The quantitative estimate of drug-likeness (QED) is 0.787. The first kappa shape index (κ1) is 18.2. The van der Waals surface area contributed by atoms with E-state index in [1.54, 1.807) is 0 Å². The maximum absolute atomic E-state index is 12.6. The smallest absolute Gasteiger partial charge is 0.223 e. The molecule has 1 aromatic carbocycles. The van der Waals surface area contributed by atoms with Gasteiger partial charge in [-0.1, -0.05) is 36.8 Å². The average molecular weight is 367 g/mol. The zero-order valence-electron chi connectivity index (χ0n) is 16.0. The fraction of sp³-hybridized carbons (Fsp3) is 0.545. The Labute approximate surface area is 161 Å². The van der Waals surface area contributed by atoms with Crippen molar-refractivity contribution in [1.82, 2.24) is 14.5 Å². The Morgan fingerprint density at radius 3 is 2.93 bits per heavy atom. The maximum atomic E-state index is 12.6. The van der Waals surface area contributed by atoms with Crippen LogP contribution in [0.3, 0.4) is 0 Å². The van der Waals surface area contributed by atoms with Crippen molar-refractivity contribution in [2.24, 2.45) is 0 Å². The third kappa shape index (κ3) is 4.59. The summed E-state index contributed by atoms with van der Waals surface area (Å²) in [7, 11) is 0. The fourth-order valence-electron chi connectivity index (χ4n) is 4.13. The molecule has 2 aliphatic rings. The third-order valence-electron chi connectivity index (χ3n) is 5.72. The molecule has 3 heterocycles. The third-order valence-corrected chi connectivity index (χ3v) is 5.72. The standard InChI is InChI=1S/C22H29N3O2/c26-22(11-10-19-15-23-21-9-5-2-6-13-25(19)21)24-14-12-20(16-24)27-17-18-7-3-1-4-8-18/h1,3-4,7-8,15,20H,2,5-6,9-14,16-17H2. The SMILES string of the molecule is O=C(CCc1cnc2n1CCCCC2)N1CCC(OCc2ccccc2)C1. The molecule has 1 unspecified atom stereocenters. The molecule has 4 rings (SSSR count). The lowest BCUT2D eigenvalue weighted by atomic mass is 10.2. The first-order valence-electron chi connectivity index (χ1n) is 10.3. The number of hydrogen-bond acceptors (Lipinski definition) is 3. The molecule has 2 aromatic rings. The molecule has 27 heavy (non-hydrogen) atoms. The largest absolute Gasteiger partial charge is 0.372 e. The topological polar surface area (TPSA) is 47.4 Å². The van der Waals surface area contributed by atoms with Crippen molar-refractivity contribution in [3.8, 4) is 0 Å². The van der Waals surface area contributed by atoms with Gasteiger partial charge in [-0.05, 0) is 31.2 Å². The average Bonchev–Trinajstić information content (AvgIpc) is 3.26. The van der Waals surface area contributed by atoms with Crippen LogP contribution in [0.25, 0.3) is 0 Å². The molecular weight excluding hydrogens is 338 g/mol. The van der Waals surface area contributed by atoms with E-state index in [2.05, 4.69) is 21.7 Å². The van der Waals surface area contributed by atoms with E-state index in [0.29, 0.717) is 13.0 Å². The number of aromatic nitrogens is 2. The maximum Gasteiger partial charge on any atom is 0.223 e. The number of rotatable bonds is 6. The highest BCUT2D eigenvalue weighted by molar-refractivity contribution is 5.76. The van der Waals surface area contributed by atoms with Crippen LogP contribution in [-0.2, 0) is 35.5 Å². The van der Waals surface area contributed by atoms with Gasteiger partial charge in [-0.3, -0.25) is 4.79 Å². The number of carbonyl (C=O) groups is 1. The number of aryl methyl sites for hydroxylation is 2. The van der Waals surface area contributed by atoms with Crippen LogP contribution in [0, 0.1) is 0 Å². The first-order chi connectivity index (χ1) is 13.3. The van der Waals surface area contributed by atoms with E-state index in [9.17, 15) is 4.79 Å². The molecule has 5 heteroatoms. The van der Waals surface area contributed by atoms with Gasteiger partial charge in [-0.25, -0.2) is 4.98 Å². The Morgan fingerprint density at radius 1 is 1.15 bits per heavy atom. The number of nitrogens with zero attached hydrogens (tertiary/aromatic N) is 3. The number of fused-ring (bicyclic) bond motifs is 1. The number of imidazole rings is 1. The van der Waals surface area contributed by atoms with Crippen LogP contribution in [0.4, 0.5) is 0 Å². The number of ether oxygens (including phenoxy) is 1. The molecule has 144 valence electrons. The van der Waals surface area contributed by atoms with Crippen molar-refractivity contribution in [1.29, 1.82) is 0 Å². The molecule has 0 N–H and O–H groups in total. The van der Waals surface area contributed by atoms with E-state index in [1.165, 1.54) is 36.3 Å². The molecule has 0 aliphatic carbocycles. The number of hydrogen-bond donors (Lipinski definition) is 0. The molecule has 0 radical (unpaired) electrons. The fourth-order valence-corrected chi connectivity index (χ4v) is 4.13. The Kier molecular flexibility index (Phi) is 5.87. The van der Waals surface area contributed by atoms with Crippen molar-refractivity contribution in [3.63, 3.8) is 0 Å². The molecule has 1 fully saturated rings. The van der Waals surface area contributed by atoms with Crippen molar-refractivity contribution in [3.05, 3.63) is 53.6 Å². The number of likely N-dealkylation sites (tertiary alicyclic amines) is 1. The molecule has 1 saturated heterocycles. The Hall–Kier alpha value is -2.14. The molecule has 5 nitrogen and oxygen atoms in total. The zero-order chi connectivity index (χ0) is 18.5. The van der Waals surface area contributed by atoms with E-state index < -0.39 is 0 Å².